The quantitative estimate of drug-likeness (QED) is 0.674. The van der Waals surface area contributed by atoms with Crippen molar-refractivity contribution in [2.24, 2.45) is 0 Å². The summed E-state index contributed by atoms with van der Waals surface area (Å²) in [5.74, 6) is -1.64. The van der Waals surface area contributed by atoms with Crippen molar-refractivity contribution in [2.75, 3.05) is 0 Å². The van der Waals surface area contributed by atoms with Crippen molar-refractivity contribution in [1.82, 2.24) is 0 Å². The normalized spacial score (nSPS) is 17.2. The van der Waals surface area contributed by atoms with Crippen LogP contribution in [0.25, 0.3) is 0 Å². The molecule has 0 atom stereocenters. The molecule has 0 saturated heterocycles. The average molecular weight is 276 g/mol. The number of aldehydes is 1. The molecular formula is C15H16O5. The second kappa shape index (κ2) is 5.86. The van der Waals surface area contributed by atoms with Gasteiger partial charge in [0.1, 0.15) is 0 Å². The van der Waals surface area contributed by atoms with Gasteiger partial charge >= 0.3 is 11.9 Å². The zero-order valence-corrected chi connectivity index (χ0v) is 11.0. The fourth-order valence-corrected chi connectivity index (χ4v) is 2.39. The van der Waals surface area contributed by atoms with Gasteiger partial charge in [-0.25, -0.2) is 9.59 Å². The largest absolute Gasteiger partial charge is 0.478 e. The smallest absolute Gasteiger partial charge is 0.339 e. The highest BCUT2D eigenvalue weighted by molar-refractivity contribution is 5.93. The van der Waals surface area contributed by atoms with Crippen molar-refractivity contribution in [3.8, 4) is 0 Å². The van der Waals surface area contributed by atoms with E-state index < -0.39 is 17.5 Å². The predicted octanol–water partition coefficient (Wildman–Crippen LogP) is 2.44. The van der Waals surface area contributed by atoms with Gasteiger partial charge in [-0.1, -0.05) is 6.42 Å². The second-order valence-electron chi connectivity index (χ2n) is 5.02. The summed E-state index contributed by atoms with van der Waals surface area (Å²) in [5.41, 5.74) is -0.660. The highest BCUT2D eigenvalue weighted by Crippen LogP contribution is 2.30. The lowest BCUT2D eigenvalue weighted by Crippen LogP contribution is -2.38. The van der Waals surface area contributed by atoms with Crippen molar-refractivity contribution in [1.29, 1.82) is 0 Å². The van der Waals surface area contributed by atoms with E-state index in [0.717, 1.165) is 25.5 Å². The highest BCUT2D eigenvalue weighted by Gasteiger charge is 2.35. The van der Waals surface area contributed by atoms with Gasteiger partial charge in [-0.05, 0) is 49.9 Å². The van der Waals surface area contributed by atoms with Gasteiger partial charge in [-0.15, -0.1) is 0 Å². The third-order valence-electron chi connectivity index (χ3n) is 3.58. The van der Waals surface area contributed by atoms with Crippen LogP contribution in [0.3, 0.4) is 0 Å². The van der Waals surface area contributed by atoms with E-state index in [1.54, 1.807) is 0 Å². The molecule has 5 heteroatoms. The number of carboxylic acid groups (broad SMARTS) is 1. The van der Waals surface area contributed by atoms with E-state index in [1.807, 2.05) is 0 Å². The third kappa shape index (κ3) is 3.04. The van der Waals surface area contributed by atoms with E-state index in [0.29, 0.717) is 12.8 Å². The van der Waals surface area contributed by atoms with E-state index in [4.69, 9.17) is 9.84 Å². The van der Waals surface area contributed by atoms with E-state index in [1.165, 1.54) is 24.3 Å². The van der Waals surface area contributed by atoms with Crippen LogP contribution >= 0.6 is 0 Å². The van der Waals surface area contributed by atoms with Gasteiger partial charge in [0.25, 0.3) is 0 Å². The van der Waals surface area contributed by atoms with Crippen LogP contribution in [0.4, 0.5) is 0 Å². The molecule has 106 valence electrons. The molecule has 1 aromatic rings. The molecule has 2 rings (SSSR count). The first-order valence-corrected chi connectivity index (χ1v) is 6.59. The summed E-state index contributed by atoms with van der Waals surface area (Å²) >= 11 is 0. The van der Waals surface area contributed by atoms with E-state index in [9.17, 15) is 14.4 Å². The van der Waals surface area contributed by atoms with Gasteiger partial charge < -0.3 is 9.84 Å². The number of hydrogen-bond donors (Lipinski definition) is 1. The van der Waals surface area contributed by atoms with E-state index >= 15 is 0 Å². The molecule has 1 aliphatic rings. The molecule has 1 saturated carbocycles. The van der Waals surface area contributed by atoms with Crippen LogP contribution in [0.15, 0.2) is 24.3 Å². The fourth-order valence-electron chi connectivity index (χ4n) is 2.39. The van der Waals surface area contributed by atoms with Crippen LogP contribution in [0.2, 0.25) is 0 Å². The summed E-state index contributed by atoms with van der Waals surface area (Å²) < 4.78 is 5.36. The van der Waals surface area contributed by atoms with Gasteiger partial charge in [0.2, 0.25) is 0 Å². The zero-order chi connectivity index (χ0) is 14.6. The Morgan fingerprint density at radius 2 is 1.60 bits per heavy atom. The number of carbonyl (C=O) groups is 3. The Labute approximate surface area is 116 Å². The van der Waals surface area contributed by atoms with Crippen molar-refractivity contribution in [3.63, 3.8) is 0 Å². The molecule has 20 heavy (non-hydrogen) atoms. The molecule has 0 radical (unpaired) electrons. The summed E-state index contributed by atoms with van der Waals surface area (Å²) in [7, 11) is 0. The maximum absolute atomic E-state index is 12.0. The van der Waals surface area contributed by atoms with E-state index in [-0.39, 0.29) is 11.1 Å². The highest BCUT2D eigenvalue weighted by atomic mass is 16.6. The number of rotatable bonds is 4. The third-order valence-corrected chi connectivity index (χ3v) is 3.58. The van der Waals surface area contributed by atoms with Gasteiger partial charge in [0.05, 0.1) is 11.1 Å². The summed E-state index contributed by atoms with van der Waals surface area (Å²) in [6.45, 7) is 0. The maximum atomic E-state index is 12.0. The van der Waals surface area contributed by atoms with Crippen LogP contribution in [-0.2, 0) is 9.53 Å². The molecule has 1 aliphatic carbocycles. The Kier molecular flexibility index (Phi) is 4.17. The number of ether oxygens (including phenoxy) is 1. The Balaban J connectivity index is 2.10. The fraction of sp³-hybridized carbons (Fsp3) is 0.400. The number of carboxylic acids is 1. The number of aromatic carboxylic acids is 1. The minimum absolute atomic E-state index is 0.101. The molecule has 1 N–H and O–H groups in total. The number of esters is 1. The minimum Gasteiger partial charge on any atom is -0.478 e. The first-order valence-electron chi connectivity index (χ1n) is 6.59. The minimum atomic E-state index is -1.05. The standard InChI is InChI=1S/C15H16O5/c16-10-15(8-2-1-3-9-15)20-14(19)12-6-4-11(5-7-12)13(17)18/h4-7,10H,1-3,8-9H2,(H,17,18). The first kappa shape index (κ1) is 14.2. The second-order valence-corrected chi connectivity index (χ2v) is 5.02. The van der Waals surface area contributed by atoms with Gasteiger partial charge in [-0.2, -0.15) is 0 Å². The predicted molar refractivity (Wildman–Crippen MR) is 70.7 cm³/mol. The van der Waals surface area contributed by atoms with Crippen molar-refractivity contribution in [3.05, 3.63) is 35.4 Å². The molecule has 1 fully saturated rings. The summed E-state index contributed by atoms with van der Waals surface area (Å²) in [6, 6.07) is 5.47. The van der Waals surface area contributed by atoms with Crippen LogP contribution in [0.5, 0.6) is 0 Å². The monoisotopic (exact) mass is 276 g/mol. The Morgan fingerprint density at radius 1 is 1.05 bits per heavy atom. The molecular weight excluding hydrogens is 260 g/mol. The van der Waals surface area contributed by atoms with Crippen molar-refractivity contribution < 1.29 is 24.2 Å². The van der Waals surface area contributed by atoms with Crippen LogP contribution in [-0.4, -0.2) is 28.9 Å². The van der Waals surface area contributed by atoms with Crippen molar-refractivity contribution in [2.45, 2.75) is 37.7 Å². The first-order chi connectivity index (χ1) is 9.56. The van der Waals surface area contributed by atoms with Crippen molar-refractivity contribution >= 4 is 18.2 Å². The molecule has 0 unspecified atom stereocenters. The molecule has 0 aliphatic heterocycles. The van der Waals surface area contributed by atoms with E-state index in [2.05, 4.69) is 0 Å². The molecule has 5 nitrogen and oxygen atoms in total. The zero-order valence-electron chi connectivity index (χ0n) is 11.0. The van der Waals surface area contributed by atoms with Crippen LogP contribution in [0, 0.1) is 0 Å². The van der Waals surface area contributed by atoms with Crippen LogP contribution < -0.4 is 0 Å². The molecule has 1 aromatic carbocycles. The lowest BCUT2D eigenvalue weighted by Gasteiger charge is -2.31. The lowest BCUT2D eigenvalue weighted by molar-refractivity contribution is -0.128. The maximum Gasteiger partial charge on any atom is 0.339 e. The van der Waals surface area contributed by atoms with Gasteiger partial charge in [-0.3, -0.25) is 4.79 Å². The molecule has 0 spiro atoms. The Morgan fingerprint density at radius 3 is 2.10 bits per heavy atom. The molecule has 0 aromatic heterocycles. The summed E-state index contributed by atoms with van der Waals surface area (Å²) in [6.07, 6.45) is 4.59. The Hall–Kier alpha value is -2.17. The number of benzene rings is 1. The van der Waals surface area contributed by atoms with Gasteiger partial charge in [0, 0.05) is 0 Å². The van der Waals surface area contributed by atoms with Crippen LogP contribution in [0.1, 0.15) is 52.8 Å². The molecule has 0 bridgehead atoms. The molecule has 0 amide bonds. The number of carbonyl (C=O) groups excluding carboxylic acids is 2. The summed E-state index contributed by atoms with van der Waals surface area (Å²) in [4.78, 5) is 34.0. The topological polar surface area (TPSA) is 80.7 Å². The van der Waals surface area contributed by atoms with Gasteiger partial charge in [0.15, 0.2) is 11.9 Å². The SMILES string of the molecule is O=CC1(OC(=O)c2ccc(C(=O)O)cc2)CCCCC1. The number of hydrogen-bond acceptors (Lipinski definition) is 4. The molecule has 0 heterocycles. The summed E-state index contributed by atoms with van der Waals surface area (Å²) in [5, 5.41) is 8.79. The Bertz CT molecular complexity index is 512. The lowest BCUT2D eigenvalue weighted by atomic mass is 9.86. The average Bonchev–Trinajstić information content (AvgIpc) is 2.48.